The molecule has 0 radical (unpaired) electrons. The van der Waals surface area contributed by atoms with E-state index < -0.39 is 0 Å². The second-order valence-electron chi connectivity index (χ2n) is 7.04. The number of carbonyl (C=O) groups excluding carboxylic acids is 1. The van der Waals surface area contributed by atoms with Crippen LogP contribution in [0.1, 0.15) is 0 Å². The molecular formula is C22H20BrFN4O2. The van der Waals surface area contributed by atoms with E-state index in [2.05, 4.69) is 21.0 Å². The highest BCUT2D eigenvalue weighted by Crippen LogP contribution is 2.21. The number of piperazine rings is 1. The molecule has 6 nitrogen and oxygen atoms in total. The number of hydrogen-bond donors (Lipinski definition) is 0. The van der Waals surface area contributed by atoms with Gasteiger partial charge in [-0.05, 0) is 30.3 Å². The summed E-state index contributed by atoms with van der Waals surface area (Å²) in [7, 11) is 0. The molecule has 0 spiro atoms. The van der Waals surface area contributed by atoms with Gasteiger partial charge in [0.05, 0.1) is 11.4 Å². The first-order chi connectivity index (χ1) is 14.5. The molecule has 2 aromatic carbocycles. The third-order valence-corrected chi connectivity index (χ3v) is 5.65. The van der Waals surface area contributed by atoms with Gasteiger partial charge in [0.1, 0.15) is 12.4 Å². The number of rotatable bonds is 4. The smallest absolute Gasteiger partial charge is 0.267 e. The largest absolute Gasteiger partial charge is 0.366 e. The van der Waals surface area contributed by atoms with Crippen LogP contribution in [0.5, 0.6) is 0 Å². The molecule has 3 aromatic rings. The molecule has 1 saturated heterocycles. The Morgan fingerprint density at radius 1 is 0.967 bits per heavy atom. The first kappa shape index (κ1) is 20.3. The van der Waals surface area contributed by atoms with Crippen LogP contribution in [0, 0.1) is 5.82 Å². The second kappa shape index (κ2) is 8.79. The maximum absolute atomic E-state index is 14.0. The molecule has 0 bridgehead atoms. The molecule has 30 heavy (non-hydrogen) atoms. The molecule has 0 atom stereocenters. The lowest BCUT2D eigenvalue weighted by atomic mass is 10.1. The van der Waals surface area contributed by atoms with E-state index in [0.717, 1.165) is 10.0 Å². The van der Waals surface area contributed by atoms with Crippen LogP contribution in [-0.2, 0) is 11.3 Å². The van der Waals surface area contributed by atoms with Crippen molar-refractivity contribution >= 4 is 27.5 Å². The summed E-state index contributed by atoms with van der Waals surface area (Å²) in [5.74, 6) is -0.441. The molecule has 1 fully saturated rings. The number of nitrogens with zero attached hydrogens (tertiary/aromatic N) is 4. The monoisotopic (exact) mass is 470 g/mol. The Morgan fingerprint density at radius 2 is 1.67 bits per heavy atom. The highest BCUT2D eigenvalue weighted by atomic mass is 79.9. The maximum atomic E-state index is 14.0. The molecule has 4 rings (SSSR count). The van der Waals surface area contributed by atoms with Gasteiger partial charge in [0.15, 0.2) is 0 Å². The summed E-state index contributed by atoms with van der Waals surface area (Å²) in [6.45, 7) is 1.88. The van der Waals surface area contributed by atoms with Gasteiger partial charge in [-0.1, -0.05) is 40.2 Å². The van der Waals surface area contributed by atoms with Crippen LogP contribution in [0.25, 0.3) is 11.3 Å². The Balaban J connectivity index is 1.43. The fourth-order valence-corrected chi connectivity index (χ4v) is 3.73. The minimum atomic E-state index is -0.325. The summed E-state index contributed by atoms with van der Waals surface area (Å²) in [5.41, 5.74) is 1.70. The van der Waals surface area contributed by atoms with Crippen molar-refractivity contribution in [2.45, 2.75) is 6.54 Å². The summed E-state index contributed by atoms with van der Waals surface area (Å²) < 4.78 is 16.1. The number of aromatic nitrogens is 2. The van der Waals surface area contributed by atoms with Crippen molar-refractivity contribution in [3.8, 4) is 11.3 Å². The van der Waals surface area contributed by atoms with Gasteiger partial charge < -0.3 is 9.80 Å². The van der Waals surface area contributed by atoms with Crippen molar-refractivity contribution in [1.29, 1.82) is 0 Å². The fourth-order valence-electron chi connectivity index (χ4n) is 3.47. The molecular weight excluding hydrogens is 451 g/mol. The molecule has 1 aromatic heterocycles. The molecule has 1 amide bonds. The molecule has 0 N–H and O–H groups in total. The van der Waals surface area contributed by atoms with E-state index in [1.54, 1.807) is 29.2 Å². The third kappa shape index (κ3) is 4.43. The molecule has 8 heteroatoms. The van der Waals surface area contributed by atoms with Crippen molar-refractivity contribution in [1.82, 2.24) is 14.7 Å². The summed E-state index contributed by atoms with van der Waals surface area (Å²) in [4.78, 5) is 28.6. The zero-order valence-electron chi connectivity index (χ0n) is 16.2. The van der Waals surface area contributed by atoms with E-state index in [1.165, 1.54) is 16.8 Å². The van der Waals surface area contributed by atoms with E-state index >= 15 is 0 Å². The summed E-state index contributed by atoms with van der Waals surface area (Å²) in [6, 6.07) is 17.3. The van der Waals surface area contributed by atoms with Gasteiger partial charge in [0.25, 0.3) is 5.56 Å². The van der Waals surface area contributed by atoms with Gasteiger partial charge in [0, 0.05) is 42.3 Å². The van der Waals surface area contributed by atoms with Crippen molar-refractivity contribution in [3.63, 3.8) is 0 Å². The number of anilines is 1. The molecule has 0 saturated carbocycles. The van der Waals surface area contributed by atoms with Crippen LogP contribution >= 0.6 is 15.9 Å². The maximum Gasteiger partial charge on any atom is 0.267 e. The molecule has 154 valence electrons. The molecule has 1 aliphatic heterocycles. The lowest BCUT2D eigenvalue weighted by Gasteiger charge is -2.36. The van der Waals surface area contributed by atoms with E-state index in [1.807, 2.05) is 29.2 Å². The lowest BCUT2D eigenvalue weighted by molar-refractivity contribution is -0.132. The SMILES string of the molecule is O=C(Cn1nc(-c2ccc(Br)cc2)ccc1=O)N1CCN(c2ccccc2F)CC1. The molecule has 0 aliphatic carbocycles. The Labute approximate surface area is 181 Å². The number of benzene rings is 2. The summed E-state index contributed by atoms with van der Waals surface area (Å²) in [6.07, 6.45) is 0. The minimum absolute atomic E-state index is 0.122. The van der Waals surface area contributed by atoms with Gasteiger partial charge in [-0.25, -0.2) is 9.07 Å². The fraction of sp³-hybridized carbons (Fsp3) is 0.227. The Bertz CT molecular complexity index is 1110. The highest BCUT2D eigenvalue weighted by molar-refractivity contribution is 9.10. The van der Waals surface area contributed by atoms with Gasteiger partial charge in [-0.2, -0.15) is 5.10 Å². The van der Waals surface area contributed by atoms with Gasteiger partial charge in [-0.15, -0.1) is 0 Å². The van der Waals surface area contributed by atoms with Crippen LogP contribution in [0.2, 0.25) is 0 Å². The average molecular weight is 471 g/mol. The Morgan fingerprint density at radius 3 is 2.37 bits per heavy atom. The van der Waals surface area contributed by atoms with E-state index in [0.29, 0.717) is 37.6 Å². The Kier molecular flexibility index (Phi) is 5.94. The average Bonchev–Trinajstić information content (AvgIpc) is 2.76. The zero-order valence-corrected chi connectivity index (χ0v) is 17.8. The predicted molar refractivity (Wildman–Crippen MR) is 117 cm³/mol. The quantitative estimate of drug-likeness (QED) is 0.587. The van der Waals surface area contributed by atoms with Crippen molar-refractivity contribution in [3.05, 3.63) is 81.3 Å². The van der Waals surface area contributed by atoms with Crippen molar-refractivity contribution in [2.24, 2.45) is 0 Å². The first-order valence-electron chi connectivity index (χ1n) is 9.62. The Hall–Kier alpha value is -3.00. The van der Waals surface area contributed by atoms with Crippen molar-refractivity contribution < 1.29 is 9.18 Å². The minimum Gasteiger partial charge on any atom is -0.366 e. The summed E-state index contributed by atoms with van der Waals surface area (Å²) in [5, 5.41) is 4.36. The van der Waals surface area contributed by atoms with Crippen LogP contribution in [0.3, 0.4) is 0 Å². The van der Waals surface area contributed by atoms with Crippen molar-refractivity contribution in [2.75, 3.05) is 31.1 Å². The van der Waals surface area contributed by atoms with Crippen LogP contribution < -0.4 is 10.5 Å². The third-order valence-electron chi connectivity index (χ3n) is 5.12. The molecule has 2 heterocycles. The standard InChI is InChI=1S/C22H20BrFN4O2/c23-17-7-5-16(6-8-17)19-9-10-21(29)28(25-19)15-22(30)27-13-11-26(12-14-27)20-4-2-1-3-18(20)24/h1-10H,11-15H2. The second-order valence-corrected chi connectivity index (χ2v) is 7.96. The van der Waals surface area contributed by atoms with Crippen LogP contribution in [-0.4, -0.2) is 46.8 Å². The van der Waals surface area contributed by atoms with Crippen LogP contribution in [0.15, 0.2) is 69.9 Å². The summed E-state index contributed by atoms with van der Waals surface area (Å²) >= 11 is 3.39. The van der Waals surface area contributed by atoms with Gasteiger partial charge in [0.2, 0.25) is 5.91 Å². The van der Waals surface area contributed by atoms with Gasteiger partial charge in [-0.3, -0.25) is 9.59 Å². The number of hydrogen-bond acceptors (Lipinski definition) is 4. The molecule has 1 aliphatic rings. The highest BCUT2D eigenvalue weighted by Gasteiger charge is 2.23. The topological polar surface area (TPSA) is 58.4 Å². The van der Waals surface area contributed by atoms with Gasteiger partial charge >= 0.3 is 0 Å². The first-order valence-corrected chi connectivity index (χ1v) is 10.4. The van der Waals surface area contributed by atoms with E-state index in [9.17, 15) is 14.0 Å². The zero-order chi connectivity index (χ0) is 21.1. The number of para-hydroxylation sites is 1. The number of halogens is 2. The lowest BCUT2D eigenvalue weighted by Crippen LogP contribution is -2.50. The number of amides is 1. The molecule has 0 unspecified atom stereocenters. The predicted octanol–water partition coefficient (Wildman–Crippen LogP) is 3.16. The van der Waals surface area contributed by atoms with Crippen LogP contribution in [0.4, 0.5) is 10.1 Å². The van der Waals surface area contributed by atoms with E-state index in [4.69, 9.17) is 0 Å². The van der Waals surface area contributed by atoms with E-state index in [-0.39, 0.29) is 23.8 Å². The normalized spacial score (nSPS) is 14.1. The number of carbonyl (C=O) groups is 1.